The zero-order valence-corrected chi connectivity index (χ0v) is 12.7. The van der Waals surface area contributed by atoms with E-state index in [4.69, 9.17) is 15.6 Å². The number of aliphatic hydroxyl groups is 1. The highest BCUT2D eigenvalue weighted by atomic mass is 32.2. The van der Waals surface area contributed by atoms with Crippen molar-refractivity contribution in [2.75, 3.05) is 37.4 Å². The Morgan fingerprint density at radius 2 is 2.20 bits per heavy atom. The molecule has 20 heavy (non-hydrogen) atoms. The van der Waals surface area contributed by atoms with Crippen molar-refractivity contribution in [3.8, 4) is 0 Å². The minimum atomic E-state index is -3.34. The minimum absolute atomic E-state index is 0.00257. The monoisotopic (exact) mass is 321 g/mol. The molecule has 1 aliphatic carbocycles. The van der Waals surface area contributed by atoms with Crippen LogP contribution in [0.2, 0.25) is 0 Å². The Balaban J connectivity index is 1.92. The number of sulfone groups is 1. The summed E-state index contributed by atoms with van der Waals surface area (Å²) in [5, 5.41) is 11.8. The quantitative estimate of drug-likeness (QED) is 0.566. The van der Waals surface area contributed by atoms with Crippen LogP contribution in [0.4, 0.5) is 10.8 Å². The summed E-state index contributed by atoms with van der Waals surface area (Å²) in [5.41, 5.74) is 5.69. The first-order valence-corrected chi connectivity index (χ1v) is 8.81. The Hall–Kier alpha value is -0.900. The van der Waals surface area contributed by atoms with Gasteiger partial charge in [0.2, 0.25) is 0 Å². The standard InChI is InChI=1S/C11H19N3O4S2/c12-10-9(20(16,17)8-2-3-8)11(19-14-10)13-4-1-6-18-7-5-15/h8,13,15H,1-7H2,(H2,12,14). The lowest BCUT2D eigenvalue weighted by molar-refractivity contribution is 0.0922. The topological polar surface area (TPSA) is 115 Å². The molecule has 7 nitrogen and oxygen atoms in total. The van der Waals surface area contributed by atoms with Gasteiger partial charge in [-0.25, -0.2) is 8.42 Å². The average Bonchev–Trinajstić information content (AvgIpc) is 3.19. The van der Waals surface area contributed by atoms with Gasteiger partial charge in [-0.05, 0) is 30.8 Å². The Bertz CT molecular complexity index is 540. The number of anilines is 2. The molecule has 1 aliphatic rings. The number of hydrogen-bond acceptors (Lipinski definition) is 8. The predicted molar refractivity (Wildman–Crippen MR) is 77.7 cm³/mol. The maximum absolute atomic E-state index is 12.3. The molecule has 1 aromatic heterocycles. The molecule has 0 unspecified atom stereocenters. The van der Waals surface area contributed by atoms with Crippen LogP contribution in [0.1, 0.15) is 19.3 Å². The number of nitrogens with zero attached hydrogens (tertiary/aromatic N) is 1. The van der Waals surface area contributed by atoms with Gasteiger partial charge in [0, 0.05) is 13.2 Å². The molecule has 1 aromatic rings. The summed E-state index contributed by atoms with van der Waals surface area (Å²) in [5.74, 6) is 0.0842. The zero-order chi connectivity index (χ0) is 14.6. The van der Waals surface area contributed by atoms with E-state index in [9.17, 15) is 8.42 Å². The second kappa shape index (κ2) is 6.70. The number of nitrogen functional groups attached to an aromatic ring is 1. The van der Waals surface area contributed by atoms with Crippen molar-refractivity contribution in [1.29, 1.82) is 0 Å². The van der Waals surface area contributed by atoms with Crippen LogP contribution in [0.3, 0.4) is 0 Å². The second-order valence-electron chi connectivity index (χ2n) is 4.59. The van der Waals surface area contributed by atoms with E-state index in [2.05, 4.69) is 9.69 Å². The maximum atomic E-state index is 12.3. The van der Waals surface area contributed by atoms with E-state index >= 15 is 0 Å². The average molecular weight is 321 g/mol. The third-order valence-corrected chi connectivity index (χ3v) is 6.19. The smallest absolute Gasteiger partial charge is 0.187 e. The van der Waals surface area contributed by atoms with Crippen molar-refractivity contribution in [2.45, 2.75) is 29.4 Å². The first-order chi connectivity index (χ1) is 9.57. The molecule has 1 heterocycles. The first kappa shape index (κ1) is 15.5. The van der Waals surface area contributed by atoms with Gasteiger partial charge < -0.3 is 20.9 Å². The molecule has 0 spiro atoms. The third-order valence-electron chi connectivity index (χ3n) is 2.91. The largest absolute Gasteiger partial charge is 0.394 e. The molecule has 1 saturated carbocycles. The summed E-state index contributed by atoms with van der Waals surface area (Å²) >= 11 is 1.07. The molecule has 0 radical (unpaired) electrons. The highest BCUT2D eigenvalue weighted by Crippen LogP contribution is 2.40. The van der Waals surface area contributed by atoms with Crippen LogP contribution in [0, 0.1) is 0 Å². The fourth-order valence-corrected chi connectivity index (χ4v) is 4.68. The van der Waals surface area contributed by atoms with Gasteiger partial charge in [-0.15, -0.1) is 0 Å². The number of hydrogen-bond donors (Lipinski definition) is 3. The summed E-state index contributed by atoms with van der Waals surface area (Å²) in [6.07, 6.45) is 2.11. The minimum Gasteiger partial charge on any atom is -0.394 e. The molecule has 1 fully saturated rings. The lowest BCUT2D eigenvalue weighted by atomic mass is 10.4. The molecule has 0 bridgehead atoms. The highest BCUT2D eigenvalue weighted by molar-refractivity contribution is 7.92. The van der Waals surface area contributed by atoms with E-state index in [0.717, 1.165) is 11.5 Å². The molecule has 9 heteroatoms. The Morgan fingerprint density at radius 3 is 2.85 bits per heavy atom. The zero-order valence-electron chi connectivity index (χ0n) is 11.0. The van der Waals surface area contributed by atoms with Crippen LogP contribution in [0.5, 0.6) is 0 Å². The highest BCUT2D eigenvalue weighted by Gasteiger charge is 2.40. The fraction of sp³-hybridized carbons (Fsp3) is 0.727. The van der Waals surface area contributed by atoms with Gasteiger partial charge >= 0.3 is 0 Å². The van der Waals surface area contributed by atoms with E-state index < -0.39 is 9.84 Å². The molecule has 0 atom stereocenters. The Labute approximate surface area is 122 Å². The normalized spacial score (nSPS) is 15.4. The molecule has 114 valence electrons. The number of aliphatic hydroxyl groups excluding tert-OH is 1. The van der Waals surface area contributed by atoms with Gasteiger partial charge in [-0.2, -0.15) is 4.37 Å². The third kappa shape index (κ3) is 3.60. The first-order valence-electron chi connectivity index (χ1n) is 6.49. The van der Waals surface area contributed by atoms with E-state index in [0.29, 0.717) is 44.0 Å². The lowest BCUT2D eigenvalue weighted by Gasteiger charge is -2.07. The van der Waals surface area contributed by atoms with Gasteiger partial charge in [0.25, 0.3) is 0 Å². The van der Waals surface area contributed by atoms with Gasteiger partial charge in [0.1, 0.15) is 9.90 Å². The van der Waals surface area contributed by atoms with Crippen LogP contribution >= 0.6 is 11.5 Å². The molecular weight excluding hydrogens is 302 g/mol. The molecule has 0 amide bonds. The predicted octanol–water partition coefficient (Wildman–Crippen LogP) is 0.472. The summed E-state index contributed by atoms with van der Waals surface area (Å²) in [6, 6.07) is 0. The molecule has 4 N–H and O–H groups in total. The van der Waals surface area contributed by atoms with E-state index in [-0.39, 0.29) is 22.6 Å². The lowest BCUT2D eigenvalue weighted by Crippen LogP contribution is -2.13. The van der Waals surface area contributed by atoms with E-state index in [1.807, 2.05) is 0 Å². The van der Waals surface area contributed by atoms with Crippen molar-refractivity contribution >= 4 is 32.2 Å². The summed E-state index contributed by atoms with van der Waals surface area (Å²) in [4.78, 5) is 0.154. The number of nitrogens with one attached hydrogen (secondary N) is 1. The molecule has 2 rings (SSSR count). The van der Waals surface area contributed by atoms with Crippen molar-refractivity contribution in [3.05, 3.63) is 0 Å². The number of aromatic nitrogens is 1. The molecule has 0 saturated heterocycles. The van der Waals surface area contributed by atoms with Crippen LogP contribution in [0.25, 0.3) is 0 Å². The van der Waals surface area contributed by atoms with Crippen LogP contribution < -0.4 is 11.1 Å². The van der Waals surface area contributed by atoms with Gasteiger partial charge in [-0.1, -0.05) is 0 Å². The number of rotatable bonds is 9. The summed E-state index contributed by atoms with van der Waals surface area (Å²) in [7, 11) is -3.34. The van der Waals surface area contributed by atoms with Gasteiger partial charge in [0.05, 0.1) is 18.5 Å². The van der Waals surface area contributed by atoms with Crippen LogP contribution in [-0.2, 0) is 14.6 Å². The molecule has 0 aliphatic heterocycles. The molecule has 0 aromatic carbocycles. The van der Waals surface area contributed by atoms with Crippen molar-refractivity contribution < 1.29 is 18.3 Å². The van der Waals surface area contributed by atoms with E-state index in [1.54, 1.807) is 0 Å². The number of ether oxygens (including phenoxy) is 1. The SMILES string of the molecule is Nc1nsc(NCCCOCCO)c1S(=O)(=O)C1CC1. The van der Waals surface area contributed by atoms with Crippen LogP contribution in [-0.4, -0.2) is 49.5 Å². The summed E-state index contributed by atoms with van der Waals surface area (Å²) < 4.78 is 33.6. The maximum Gasteiger partial charge on any atom is 0.187 e. The Morgan fingerprint density at radius 1 is 1.45 bits per heavy atom. The van der Waals surface area contributed by atoms with Gasteiger partial charge in [-0.3, -0.25) is 0 Å². The van der Waals surface area contributed by atoms with Crippen molar-refractivity contribution in [1.82, 2.24) is 4.37 Å². The van der Waals surface area contributed by atoms with Crippen molar-refractivity contribution in [3.63, 3.8) is 0 Å². The summed E-state index contributed by atoms with van der Waals surface area (Å²) in [6.45, 7) is 1.39. The van der Waals surface area contributed by atoms with Crippen LogP contribution in [0.15, 0.2) is 4.90 Å². The Kier molecular flexibility index (Phi) is 5.19. The second-order valence-corrected chi connectivity index (χ2v) is 7.53. The van der Waals surface area contributed by atoms with E-state index in [1.165, 1.54) is 0 Å². The molecular formula is C11H19N3O4S2. The van der Waals surface area contributed by atoms with Crippen molar-refractivity contribution in [2.24, 2.45) is 0 Å². The van der Waals surface area contributed by atoms with Gasteiger partial charge in [0.15, 0.2) is 15.7 Å². The fourth-order valence-electron chi connectivity index (χ4n) is 1.77. The number of nitrogens with two attached hydrogens (primary N) is 1.